The van der Waals surface area contributed by atoms with Gasteiger partial charge in [0.05, 0.1) is 33.2 Å². The molecule has 3 aromatic rings. The summed E-state index contributed by atoms with van der Waals surface area (Å²) in [6.07, 6.45) is 3.54. The summed E-state index contributed by atoms with van der Waals surface area (Å²) in [7, 11) is 4.62. The maximum absolute atomic E-state index is 13.4. The number of carbonyl (C=O) groups is 1. The molecule has 1 aliphatic rings. The minimum absolute atomic E-state index is 0.0904. The maximum Gasteiger partial charge on any atom is 0.203 e. The van der Waals surface area contributed by atoms with E-state index in [0.29, 0.717) is 28.5 Å². The van der Waals surface area contributed by atoms with Gasteiger partial charge in [0.1, 0.15) is 5.69 Å². The Hall–Kier alpha value is -3.85. The summed E-state index contributed by atoms with van der Waals surface area (Å²) in [5.74, 6) is 1.30. The molecular weight excluding hydrogens is 446 g/mol. The highest BCUT2D eigenvalue weighted by Gasteiger charge is 2.22. The van der Waals surface area contributed by atoms with Gasteiger partial charge in [-0.3, -0.25) is 4.79 Å². The third-order valence-corrected chi connectivity index (χ3v) is 6.25. The van der Waals surface area contributed by atoms with Gasteiger partial charge in [0.2, 0.25) is 5.75 Å². The predicted molar refractivity (Wildman–Crippen MR) is 135 cm³/mol. The van der Waals surface area contributed by atoms with Crippen LogP contribution in [0.1, 0.15) is 28.9 Å². The molecule has 4 N–H and O–H groups in total. The van der Waals surface area contributed by atoms with Crippen LogP contribution in [0.2, 0.25) is 0 Å². The number of nitrogens with two attached hydrogens (primary N) is 2. The summed E-state index contributed by atoms with van der Waals surface area (Å²) >= 11 is 0. The van der Waals surface area contributed by atoms with Crippen molar-refractivity contribution >= 4 is 17.3 Å². The summed E-state index contributed by atoms with van der Waals surface area (Å²) in [6.45, 7) is 1.73. The van der Waals surface area contributed by atoms with Crippen molar-refractivity contribution in [3.63, 3.8) is 0 Å². The number of Topliss-reactive ketones (excluding diaryl/α,β-unsaturated/α-hetero) is 1. The second kappa shape index (κ2) is 10.6. The van der Waals surface area contributed by atoms with E-state index in [-0.39, 0.29) is 29.8 Å². The number of ether oxygens (including phenoxy) is 3. The third-order valence-electron chi connectivity index (χ3n) is 6.25. The van der Waals surface area contributed by atoms with Crippen LogP contribution in [0.25, 0.3) is 11.3 Å². The fourth-order valence-corrected chi connectivity index (χ4v) is 4.34. The molecule has 1 aliphatic heterocycles. The second-order valence-corrected chi connectivity index (χ2v) is 8.46. The zero-order valence-corrected chi connectivity index (χ0v) is 20.3. The van der Waals surface area contributed by atoms with Crippen molar-refractivity contribution in [1.82, 2.24) is 9.97 Å². The molecule has 4 rings (SSSR count). The Bertz CT molecular complexity index is 1180. The van der Waals surface area contributed by atoms with Crippen LogP contribution in [0.5, 0.6) is 17.2 Å². The van der Waals surface area contributed by atoms with Gasteiger partial charge in [0.25, 0.3) is 0 Å². The zero-order chi connectivity index (χ0) is 24.9. The van der Waals surface area contributed by atoms with E-state index in [1.54, 1.807) is 12.1 Å². The largest absolute Gasteiger partial charge is 0.493 e. The van der Waals surface area contributed by atoms with Crippen LogP contribution >= 0.6 is 0 Å². The standard InChI is InChI=1S/C26H31N5O4/c1-33-22-13-17(14-23(34-2)25(22)35-3)19-15-29-26(28)24(30-19)21(32)12-16-6-4-5-7-20(16)31-10-8-18(27)9-11-31/h4-7,13-15,18H,8-12,27H2,1-3H3,(H2,28,29). The van der Waals surface area contributed by atoms with E-state index >= 15 is 0 Å². The molecule has 0 spiro atoms. The van der Waals surface area contributed by atoms with Gasteiger partial charge in [-0.2, -0.15) is 0 Å². The Kier molecular flexibility index (Phi) is 7.36. The smallest absolute Gasteiger partial charge is 0.203 e. The zero-order valence-electron chi connectivity index (χ0n) is 20.3. The molecule has 0 amide bonds. The minimum Gasteiger partial charge on any atom is -0.493 e. The number of ketones is 1. The molecule has 1 fully saturated rings. The number of aromatic nitrogens is 2. The predicted octanol–water partition coefficient (Wildman–Crippen LogP) is 3.10. The lowest BCUT2D eigenvalue weighted by Gasteiger charge is -2.33. The molecular formula is C26H31N5O4. The Labute approximate surface area is 205 Å². The number of anilines is 2. The SMILES string of the molecule is COc1cc(-c2cnc(N)c(C(=O)Cc3ccccc3N3CCC(N)CC3)n2)cc(OC)c1OC. The van der Waals surface area contributed by atoms with Crippen molar-refractivity contribution in [3.05, 3.63) is 53.9 Å². The van der Waals surface area contributed by atoms with Gasteiger partial charge in [0, 0.05) is 36.8 Å². The second-order valence-electron chi connectivity index (χ2n) is 8.46. The number of nitrogens with zero attached hydrogens (tertiary/aromatic N) is 3. The van der Waals surface area contributed by atoms with Crippen LogP contribution in [-0.4, -0.2) is 56.2 Å². The van der Waals surface area contributed by atoms with Gasteiger partial charge in [-0.1, -0.05) is 18.2 Å². The van der Waals surface area contributed by atoms with Gasteiger partial charge in [-0.05, 0) is 36.6 Å². The monoisotopic (exact) mass is 477 g/mol. The van der Waals surface area contributed by atoms with E-state index in [1.165, 1.54) is 27.5 Å². The van der Waals surface area contributed by atoms with E-state index in [2.05, 4.69) is 14.9 Å². The van der Waals surface area contributed by atoms with Crippen LogP contribution in [-0.2, 0) is 6.42 Å². The van der Waals surface area contributed by atoms with Gasteiger partial charge in [0.15, 0.2) is 23.1 Å². The number of hydrogen-bond donors (Lipinski definition) is 2. The molecule has 0 unspecified atom stereocenters. The molecule has 1 aromatic heterocycles. The molecule has 0 aliphatic carbocycles. The molecule has 0 atom stereocenters. The van der Waals surface area contributed by atoms with Gasteiger partial charge in [-0.15, -0.1) is 0 Å². The topological polar surface area (TPSA) is 126 Å². The first-order valence-corrected chi connectivity index (χ1v) is 11.5. The minimum atomic E-state index is -0.203. The molecule has 9 nitrogen and oxygen atoms in total. The van der Waals surface area contributed by atoms with Crippen LogP contribution in [0.4, 0.5) is 11.5 Å². The Morgan fingerprint density at radius 1 is 1.06 bits per heavy atom. The average molecular weight is 478 g/mol. The van der Waals surface area contributed by atoms with Crippen molar-refractivity contribution in [2.24, 2.45) is 5.73 Å². The Morgan fingerprint density at radius 3 is 2.34 bits per heavy atom. The van der Waals surface area contributed by atoms with Crippen LogP contribution in [0.3, 0.4) is 0 Å². The maximum atomic E-state index is 13.4. The molecule has 2 aromatic carbocycles. The molecule has 2 heterocycles. The van der Waals surface area contributed by atoms with Crippen LogP contribution < -0.4 is 30.6 Å². The summed E-state index contributed by atoms with van der Waals surface area (Å²) in [4.78, 5) is 24.5. The van der Waals surface area contributed by atoms with Crippen molar-refractivity contribution in [2.45, 2.75) is 25.3 Å². The fraction of sp³-hybridized carbons (Fsp3) is 0.346. The molecule has 0 saturated carbocycles. The third kappa shape index (κ3) is 5.14. The first kappa shape index (κ1) is 24.3. The molecule has 9 heteroatoms. The lowest BCUT2D eigenvalue weighted by molar-refractivity contribution is 0.0989. The lowest BCUT2D eigenvalue weighted by Crippen LogP contribution is -2.40. The molecule has 35 heavy (non-hydrogen) atoms. The average Bonchev–Trinajstić information content (AvgIpc) is 2.88. The molecule has 1 saturated heterocycles. The number of para-hydroxylation sites is 1. The van der Waals surface area contributed by atoms with E-state index in [4.69, 9.17) is 25.7 Å². The van der Waals surface area contributed by atoms with Gasteiger partial charge in [-0.25, -0.2) is 9.97 Å². The molecule has 0 bridgehead atoms. The van der Waals surface area contributed by atoms with Crippen molar-refractivity contribution in [2.75, 3.05) is 45.1 Å². The highest BCUT2D eigenvalue weighted by Crippen LogP contribution is 2.41. The number of benzene rings is 2. The summed E-state index contributed by atoms with van der Waals surface area (Å²) in [5, 5.41) is 0. The van der Waals surface area contributed by atoms with E-state index in [0.717, 1.165) is 37.2 Å². The first-order chi connectivity index (χ1) is 16.9. The Morgan fingerprint density at radius 2 is 1.71 bits per heavy atom. The number of carbonyl (C=O) groups excluding carboxylic acids is 1. The van der Waals surface area contributed by atoms with Gasteiger partial charge >= 0.3 is 0 Å². The van der Waals surface area contributed by atoms with E-state index in [9.17, 15) is 4.79 Å². The number of methoxy groups -OCH3 is 3. The number of nitrogen functional groups attached to an aromatic ring is 1. The molecule has 0 radical (unpaired) electrons. The number of rotatable bonds is 8. The van der Waals surface area contributed by atoms with Crippen LogP contribution in [0, 0.1) is 0 Å². The first-order valence-electron chi connectivity index (χ1n) is 11.5. The van der Waals surface area contributed by atoms with E-state index < -0.39 is 0 Å². The van der Waals surface area contributed by atoms with E-state index in [1.807, 2.05) is 24.3 Å². The lowest BCUT2D eigenvalue weighted by atomic mass is 10.0. The fourth-order valence-electron chi connectivity index (χ4n) is 4.34. The number of piperidine rings is 1. The van der Waals surface area contributed by atoms with Crippen molar-refractivity contribution in [1.29, 1.82) is 0 Å². The quantitative estimate of drug-likeness (QED) is 0.471. The summed E-state index contributed by atoms with van der Waals surface area (Å²) < 4.78 is 16.3. The normalized spacial score (nSPS) is 14.0. The van der Waals surface area contributed by atoms with Crippen LogP contribution in [0.15, 0.2) is 42.6 Å². The van der Waals surface area contributed by atoms with Crippen molar-refractivity contribution < 1.29 is 19.0 Å². The number of hydrogen-bond acceptors (Lipinski definition) is 9. The summed E-state index contributed by atoms with van der Waals surface area (Å²) in [6, 6.07) is 11.7. The van der Waals surface area contributed by atoms with Crippen molar-refractivity contribution in [3.8, 4) is 28.5 Å². The molecule has 184 valence electrons. The van der Waals surface area contributed by atoms with Gasteiger partial charge < -0.3 is 30.6 Å². The summed E-state index contributed by atoms with van der Waals surface area (Å²) in [5.41, 5.74) is 15.4. The highest BCUT2D eigenvalue weighted by atomic mass is 16.5. The highest BCUT2D eigenvalue weighted by molar-refractivity contribution is 6.00. The Balaban J connectivity index is 1.64.